The van der Waals surface area contributed by atoms with E-state index in [0.717, 1.165) is 56.1 Å². The molecule has 0 heterocycles. The molecule has 190 valence electrons. The van der Waals surface area contributed by atoms with E-state index < -0.39 is 17.7 Å². The van der Waals surface area contributed by atoms with Crippen molar-refractivity contribution in [3.63, 3.8) is 0 Å². The second kappa shape index (κ2) is 13.4. The van der Waals surface area contributed by atoms with Crippen molar-refractivity contribution in [3.8, 4) is 0 Å². The summed E-state index contributed by atoms with van der Waals surface area (Å²) in [5, 5.41) is 5.77. The summed E-state index contributed by atoms with van der Waals surface area (Å²) in [6, 6.07) is 7.16. The number of carbonyl (C=O) groups is 3. The largest absolute Gasteiger partial charge is 0.444 e. The quantitative estimate of drug-likeness (QED) is 0.467. The maximum Gasteiger partial charge on any atom is 0.408 e. The molecule has 1 atom stereocenters. The van der Waals surface area contributed by atoms with Crippen molar-refractivity contribution in [1.82, 2.24) is 15.5 Å². The van der Waals surface area contributed by atoms with Gasteiger partial charge in [-0.3, -0.25) is 9.59 Å². The molecule has 0 spiro atoms. The van der Waals surface area contributed by atoms with Crippen LogP contribution in [0.3, 0.4) is 0 Å². The number of carbonyl (C=O) groups excluding carboxylic acids is 3. The van der Waals surface area contributed by atoms with E-state index in [2.05, 4.69) is 17.6 Å². The maximum absolute atomic E-state index is 13.6. The lowest BCUT2D eigenvalue weighted by Crippen LogP contribution is -2.50. The van der Waals surface area contributed by atoms with Crippen LogP contribution in [-0.2, 0) is 14.3 Å². The third-order valence-electron chi connectivity index (χ3n) is 6.01. The molecule has 0 radical (unpaired) electrons. The fraction of sp³-hybridized carbons (Fsp3) is 0.667. The number of ether oxygens (including phenoxy) is 1. The highest BCUT2D eigenvalue weighted by Gasteiger charge is 2.33. The Hall–Kier alpha value is -2.57. The summed E-state index contributed by atoms with van der Waals surface area (Å²) in [5.74, 6) is -0.454. The molecule has 0 aliphatic heterocycles. The zero-order valence-electron chi connectivity index (χ0n) is 21.6. The fourth-order valence-electron chi connectivity index (χ4n) is 4.24. The van der Waals surface area contributed by atoms with E-state index in [0.29, 0.717) is 6.54 Å². The van der Waals surface area contributed by atoms with E-state index >= 15 is 0 Å². The molecule has 1 aromatic rings. The topological polar surface area (TPSA) is 87.7 Å². The Morgan fingerprint density at radius 3 is 2.29 bits per heavy atom. The van der Waals surface area contributed by atoms with Crippen molar-refractivity contribution in [3.05, 3.63) is 35.4 Å². The van der Waals surface area contributed by atoms with Crippen LogP contribution < -0.4 is 10.6 Å². The van der Waals surface area contributed by atoms with Gasteiger partial charge in [0.2, 0.25) is 11.8 Å². The molecule has 0 bridgehead atoms. The first-order chi connectivity index (χ1) is 16.1. The molecule has 1 aliphatic carbocycles. The highest BCUT2D eigenvalue weighted by Crippen LogP contribution is 2.25. The molecule has 7 nitrogen and oxygen atoms in total. The summed E-state index contributed by atoms with van der Waals surface area (Å²) in [4.78, 5) is 40.7. The Kier molecular flexibility index (Phi) is 10.9. The van der Waals surface area contributed by atoms with Crippen LogP contribution in [0.4, 0.5) is 4.79 Å². The number of alkyl carbamates (subject to hydrolysis) is 1. The molecule has 2 N–H and O–H groups in total. The molecule has 1 saturated carbocycles. The van der Waals surface area contributed by atoms with Crippen molar-refractivity contribution in [2.45, 2.75) is 104 Å². The van der Waals surface area contributed by atoms with Crippen LogP contribution in [0.1, 0.15) is 96.2 Å². The van der Waals surface area contributed by atoms with Crippen molar-refractivity contribution in [2.75, 3.05) is 13.1 Å². The Labute approximate surface area is 205 Å². The van der Waals surface area contributed by atoms with Crippen LogP contribution in [-0.4, -0.2) is 47.5 Å². The van der Waals surface area contributed by atoms with Gasteiger partial charge in [-0.15, -0.1) is 0 Å². The molecule has 34 heavy (non-hydrogen) atoms. The van der Waals surface area contributed by atoms with E-state index in [-0.39, 0.29) is 24.4 Å². The molecule has 0 aromatic heterocycles. The van der Waals surface area contributed by atoms with Crippen LogP contribution in [0.15, 0.2) is 24.3 Å². The van der Waals surface area contributed by atoms with Gasteiger partial charge >= 0.3 is 6.09 Å². The molecule has 3 amide bonds. The number of unbranched alkanes of at least 4 members (excludes halogenated alkanes) is 2. The van der Waals surface area contributed by atoms with Gasteiger partial charge in [0.25, 0.3) is 0 Å². The van der Waals surface area contributed by atoms with Gasteiger partial charge in [-0.1, -0.05) is 68.9 Å². The number of benzene rings is 1. The van der Waals surface area contributed by atoms with Crippen LogP contribution >= 0.6 is 0 Å². The number of nitrogens with zero attached hydrogens (tertiary/aromatic N) is 1. The number of aryl methyl sites for hydroxylation is 1. The van der Waals surface area contributed by atoms with E-state index in [9.17, 15) is 14.4 Å². The smallest absolute Gasteiger partial charge is 0.408 e. The van der Waals surface area contributed by atoms with Crippen LogP contribution in [0.25, 0.3) is 0 Å². The van der Waals surface area contributed by atoms with Gasteiger partial charge in [0.15, 0.2) is 0 Å². The molecule has 1 fully saturated rings. The van der Waals surface area contributed by atoms with Gasteiger partial charge in [-0.05, 0) is 52.5 Å². The lowest BCUT2D eigenvalue weighted by molar-refractivity contribution is -0.140. The molecule has 1 aromatic carbocycles. The maximum atomic E-state index is 13.6. The second-order valence-electron chi connectivity index (χ2n) is 10.3. The van der Waals surface area contributed by atoms with Gasteiger partial charge in [-0.2, -0.15) is 0 Å². The van der Waals surface area contributed by atoms with Gasteiger partial charge in [0, 0.05) is 12.6 Å². The van der Waals surface area contributed by atoms with Crippen molar-refractivity contribution < 1.29 is 19.1 Å². The number of hydrogen-bond acceptors (Lipinski definition) is 4. The molecular formula is C27H43N3O4. The van der Waals surface area contributed by atoms with E-state index in [1.54, 1.807) is 25.7 Å². The van der Waals surface area contributed by atoms with Crippen LogP contribution in [0.5, 0.6) is 0 Å². The predicted molar refractivity (Wildman–Crippen MR) is 134 cm³/mol. The monoisotopic (exact) mass is 473 g/mol. The summed E-state index contributed by atoms with van der Waals surface area (Å²) in [6.45, 7) is 9.64. The van der Waals surface area contributed by atoms with Gasteiger partial charge < -0.3 is 20.3 Å². The van der Waals surface area contributed by atoms with Gasteiger partial charge in [0.05, 0.1) is 0 Å². The first-order valence-electron chi connectivity index (χ1n) is 12.7. The minimum absolute atomic E-state index is 0.140. The first-order valence-corrected chi connectivity index (χ1v) is 12.7. The van der Waals surface area contributed by atoms with Crippen molar-refractivity contribution in [2.24, 2.45) is 0 Å². The Bertz CT molecular complexity index is 795. The van der Waals surface area contributed by atoms with Crippen LogP contribution in [0.2, 0.25) is 0 Å². The van der Waals surface area contributed by atoms with E-state index in [1.165, 1.54) is 6.42 Å². The average Bonchev–Trinajstić information content (AvgIpc) is 2.77. The molecule has 0 saturated heterocycles. The third-order valence-corrected chi connectivity index (χ3v) is 6.01. The summed E-state index contributed by atoms with van der Waals surface area (Å²) < 4.78 is 5.27. The number of amides is 3. The van der Waals surface area contributed by atoms with Gasteiger partial charge in [0.1, 0.15) is 18.2 Å². The Morgan fingerprint density at radius 2 is 1.71 bits per heavy atom. The Balaban J connectivity index is 2.25. The Morgan fingerprint density at radius 1 is 1.06 bits per heavy atom. The molecule has 1 aliphatic rings. The number of hydrogen-bond donors (Lipinski definition) is 2. The zero-order chi connectivity index (χ0) is 25.1. The summed E-state index contributed by atoms with van der Waals surface area (Å²) >= 11 is 0. The second-order valence-corrected chi connectivity index (χ2v) is 10.3. The average molecular weight is 474 g/mol. The fourth-order valence-corrected chi connectivity index (χ4v) is 4.24. The zero-order valence-corrected chi connectivity index (χ0v) is 21.6. The standard InChI is InChI=1S/C27H43N3O4/c1-6-7-11-18-30(23(31)19-28-26(33)34-27(3,4)5)24(21-16-14-20(2)15-17-21)25(32)29-22-12-9-8-10-13-22/h14-17,22,24H,6-13,18-19H2,1-5H3,(H,28,33)(H,29,32). The van der Waals surface area contributed by atoms with E-state index in [4.69, 9.17) is 4.74 Å². The van der Waals surface area contributed by atoms with E-state index in [1.807, 2.05) is 31.2 Å². The van der Waals surface area contributed by atoms with Crippen molar-refractivity contribution >= 4 is 17.9 Å². The highest BCUT2D eigenvalue weighted by molar-refractivity contribution is 5.90. The normalized spacial score (nSPS) is 15.3. The minimum Gasteiger partial charge on any atom is -0.444 e. The minimum atomic E-state index is -0.743. The molecule has 7 heteroatoms. The third kappa shape index (κ3) is 9.35. The molecule has 1 unspecified atom stereocenters. The first kappa shape index (κ1) is 27.7. The summed E-state index contributed by atoms with van der Waals surface area (Å²) in [6.07, 6.45) is 7.45. The lowest BCUT2D eigenvalue weighted by Gasteiger charge is -2.33. The predicted octanol–water partition coefficient (Wildman–Crippen LogP) is 5.03. The number of nitrogens with one attached hydrogen (secondary N) is 2. The highest BCUT2D eigenvalue weighted by atomic mass is 16.6. The lowest BCUT2D eigenvalue weighted by atomic mass is 9.94. The summed E-state index contributed by atoms with van der Waals surface area (Å²) in [7, 11) is 0. The van der Waals surface area contributed by atoms with Gasteiger partial charge in [-0.25, -0.2) is 4.79 Å². The van der Waals surface area contributed by atoms with Crippen LogP contribution in [0, 0.1) is 6.92 Å². The van der Waals surface area contributed by atoms with Crippen molar-refractivity contribution in [1.29, 1.82) is 0 Å². The molecule has 2 rings (SSSR count). The number of rotatable bonds is 10. The molecular weight excluding hydrogens is 430 g/mol. The summed E-state index contributed by atoms with van der Waals surface area (Å²) in [5.41, 5.74) is 1.21. The SMILES string of the molecule is CCCCCN(C(=O)CNC(=O)OC(C)(C)C)C(C(=O)NC1CCCCC1)c1ccc(C)cc1.